The summed E-state index contributed by atoms with van der Waals surface area (Å²) in [5.41, 5.74) is 0.775. The van der Waals surface area contributed by atoms with Crippen molar-refractivity contribution in [3.05, 3.63) is 33.8 Å². The molecule has 2 rings (SSSR count). The largest absolute Gasteiger partial charge is 0.390 e. The van der Waals surface area contributed by atoms with Crippen molar-refractivity contribution in [2.24, 2.45) is 0 Å². The molecule has 2 N–H and O–H groups in total. The van der Waals surface area contributed by atoms with Crippen LogP contribution in [0, 0.1) is 0 Å². The molecule has 112 valence electrons. The molecule has 0 bridgehead atoms. The van der Waals surface area contributed by atoms with Gasteiger partial charge in [-0.05, 0) is 56.8 Å². The molecule has 1 aliphatic carbocycles. The number of hydrogen-bond acceptors (Lipinski definition) is 2. The molecule has 1 aliphatic rings. The molecule has 0 spiro atoms. The van der Waals surface area contributed by atoms with E-state index in [0.717, 1.165) is 38.6 Å². The first kappa shape index (κ1) is 16.1. The molecule has 0 saturated heterocycles. The van der Waals surface area contributed by atoms with Gasteiger partial charge in [-0.15, -0.1) is 0 Å². The Morgan fingerprint density at radius 1 is 1.15 bits per heavy atom. The first-order chi connectivity index (χ1) is 9.45. The van der Waals surface area contributed by atoms with E-state index in [2.05, 4.69) is 18.3 Å². The highest BCUT2D eigenvalue weighted by molar-refractivity contribution is 6.42. The van der Waals surface area contributed by atoms with Crippen LogP contribution in [0.4, 0.5) is 0 Å². The predicted octanol–water partition coefficient (Wildman–Crippen LogP) is 4.17. The van der Waals surface area contributed by atoms with Crippen LogP contribution < -0.4 is 5.32 Å². The van der Waals surface area contributed by atoms with E-state index in [1.54, 1.807) is 0 Å². The van der Waals surface area contributed by atoms with Gasteiger partial charge in [-0.25, -0.2) is 0 Å². The second kappa shape index (κ2) is 6.23. The van der Waals surface area contributed by atoms with Crippen molar-refractivity contribution < 1.29 is 5.11 Å². The van der Waals surface area contributed by atoms with E-state index >= 15 is 0 Å². The molecule has 0 atom stereocenters. The third-order valence-electron chi connectivity index (χ3n) is 4.84. The number of aliphatic hydroxyl groups is 1. The van der Waals surface area contributed by atoms with Crippen LogP contribution in [0.1, 0.15) is 44.6 Å². The van der Waals surface area contributed by atoms with Crippen LogP contribution in [0.15, 0.2) is 18.2 Å². The number of hydrogen-bond donors (Lipinski definition) is 2. The summed E-state index contributed by atoms with van der Waals surface area (Å²) in [4.78, 5) is 0. The molecule has 0 radical (unpaired) electrons. The molecular formula is C16H23Cl2NO. The molecule has 1 fully saturated rings. The zero-order chi connectivity index (χ0) is 14.8. The fraction of sp³-hybridized carbons (Fsp3) is 0.625. The van der Waals surface area contributed by atoms with Crippen LogP contribution in [0.2, 0.25) is 10.0 Å². The van der Waals surface area contributed by atoms with E-state index in [0.29, 0.717) is 10.0 Å². The van der Waals surface area contributed by atoms with Gasteiger partial charge in [0.1, 0.15) is 0 Å². The maximum Gasteiger partial charge on any atom is 0.0645 e. The topological polar surface area (TPSA) is 32.3 Å². The minimum absolute atomic E-state index is 0.0460. The van der Waals surface area contributed by atoms with Gasteiger partial charge >= 0.3 is 0 Å². The Kier molecular flexibility index (Phi) is 5.01. The van der Waals surface area contributed by atoms with Crippen LogP contribution in [-0.2, 0) is 5.41 Å². The van der Waals surface area contributed by atoms with E-state index in [-0.39, 0.29) is 5.41 Å². The molecule has 1 saturated carbocycles. The zero-order valence-corrected chi connectivity index (χ0v) is 13.7. The van der Waals surface area contributed by atoms with Crippen LogP contribution in [0.25, 0.3) is 0 Å². The van der Waals surface area contributed by atoms with Gasteiger partial charge in [-0.3, -0.25) is 0 Å². The minimum Gasteiger partial charge on any atom is -0.390 e. The number of rotatable bonds is 4. The lowest BCUT2D eigenvalue weighted by Gasteiger charge is -2.44. The van der Waals surface area contributed by atoms with Gasteiger partial charge in [0.25, 0.3) is 0 Å². The third kappa shape index (κ3) is 3.14. The molecule has 0 heterocycles. The Labute approximate surface area is 131 Å². The lowest BCUT2D eigenvalue weighted by molar-refractivity contribution is -0.0192. The van der Waals surface area contributed by atoms with Crippen molar-refractivity contribution >= 4 is 23.2 Å². The first-order valence-corrected chi connectivity index (χ1v) is 8.03. The van der Waals surface area contributed by atoms with Crippen LogP contribution in [0.3, 0.4) is 0 Å². The highest BCUT2D eigenvalue weighted by Crippen LogP contribution is 2.45. The van der Waals surface area contributed by atoms with Gasteiger partial charge in [0.15, 0.2) is 0 Å². The average Bonchev–Trinajstić information content (AvgIpc) is 2.45. The van der Waals surface area contributed by atoms with Crippen LogP contribution in [-0.4, -0.2) is 24.3 Å². The molecule has 0 amide bonds. The molecule has 20 heavy (non-hydrogen) atoms. The van der Waals surface area contributed by atoms with Gasteiger partial charge in [0, 0.05) is 12.0 Å². The highest BCUT2D eigenvalue weighted by atomic mass is 35.5. The summed E-state index contributed by atoms with van der Waals surface area (Å²) < 4.78 is 0. The lowest BCUT2D eigenvalue weighted by Crippen LogP contribution is -2.45. The third-order valence-corrected chi connectivity index (χ3v) is 5.58. The van der Waals surface area contributed by atoms with Crippen molar-refractivity contribution in [1.82, 2.24) is 5.32 Å². The maximum absolute atomic E-state index is 10.5. The monoisotopic (exact) mass is 315 g/mol. The summed E-state index contributed by atoms with van der Waals surface area (Å²) in [5, 5.41) is 15.0. The van der Waals surface area contributed by atoms with Gasteiger partial charge in [-0.2, -0.15) is 0 Å². The lowest BCUT2D eigenvalue weighted by atomic mass is 9.64. The molecule has 2 nitrogen and oxygen atoms in total. The van der Waals surface area contributed by atoms with Crippen LogP contribution >= 0.6 is 23.2 Å². The molecule has 1 aromatic carbocycles. The van der Waals surface area contributed by atoms with Gasteiger partial charge in [0.05, 0.1) is 15.6 Å². The number of halogens is 2. The van der Waals surface area contributed by atoms with Gasteiger partial charge < -0.3 is 10.4 Å². The van der Waals surface area contributed by atoms with E-state index < -0.39 is 5.60 Å². The minimum atomic E-state index is -0.493. The van der Waals surface area contributed by atoms with Crippen molar-refractivity contribution in [2.45, 2.75) is 50.0 Å². The number of likely N-dealkylation sites (N-methyl/N-ethyl adjacent to an activating group) is 1. The molecular weight excluding hydrogens is 293 g/mol. The Hall–Kier alpha value is -0.280. The quantitative estimate of drug-likeness (QED) is 0.874. The fourth-order valence-corrected chi connectivity index (χ4v) is 3.58. The maximum atomic E-state index is 10.5. The SMILES string of the molecule is CCC1(O)CCC(CNC)(c2ccc(Cl)c(Cl)c2)CC1. The van der Waals surface area contributed by atoms with Crippen molar-refractivity contribution in [2.75, 3.05) is 13.6 Å². The Bertz CT molecular complexity index is 468. The van der Waals surface area contributed by atoms with Crippen molar-refractivity contribution in [1.29, 1.82) is 0 Å². The molecule has 1 aromatic rings. The second-order valence-electron chi connectivity index (χ2n) is 6.02. The van der Waals surface area contributed by atoms with Crippen LogP contribution in [0.5, 0.6) is 0 Å². The number of benzene rings is 1. The van der Waals surface area contributed by atoms with E-state index in [1.165, 1.54) is 5.56 Å². The Morgan fingerprint density at radius 2 is 1.80 bits per heavy atom. The van der Waals surface area contributed by atoms with E-state index in [4.69, 9.17) is 23.2 Å². The van der Waals surface area contributed by atoms with E-state index in [9.17, 15) is 5.11 Å². The van der Waals surface area contributed by atoms with Gasteiger partial charge in [0.2, 0.25) is 0 Å². The molecule has 0 unspecified atom stereocenters. The normalized spacial score (nSPS) is 30.4. The second-order valence-corrected chi connectivity index (χ2v) is 6.83. The summed E-state index contributed by atoms with van der Waals surface area (Å²) in [7, 11) is 1.97. The summed E-state index contributed by atoms with van der Waals surface area (Å²) in [5.74, 6) is 0. The highest BCUT2D eigenvalue weighted by Gasteiger charge is 2.41. The summed E-state index contributed by atoms with van der Waals surface area (Å²) in [6, 6.07) is 5.93. The first-order valence-electron chi connectivity index (χ1n) is 7.27. The number of nitrogens with one attached hydrogen (secondary N) is 1. The summed E-state index contributed by atoms with van der Waals surface area (Å²) >= 11 is 12.2. The summed E-state index contributed by atoms with van der Waals surface area (Å²) in [6.45, 7) is 2.95. The fourth-order valence-electron chi connectivity index (χ4n) is 3.28. The Balaban J connectivity index is 2.29. The molecule has 4 heteroatoms. The summed E-state index contributed by atoms with van der Waals surface area (Å²) in [6.07, 6.45) is 4.44. The van der Waals surface area contributed by atoms with Gasteiger partial charge in [-0.1, -0.05) is 36.2 Å². The van der Waals surface area contributed by atoms with E-state index in [1.807, 2.05) is 19.2 Å². The smallest absolute Gasteiger partial charge is 0.0645 e. The standard InChI is InChI=1S/C16H23Cl2NO/c1-3-16(20)8-6-15(7-9-16,11-19-2)12-4-5-13(17)14(18)10-12/h4-5,10,19-20H,3,6-9,11H2,1-2H3. The molecule has 0 aromatic heterocycles. The average molecular weight is 316 g/mol. The predicted molar refractivity (Wildman–Crippen MR) is 85.8 cm³/mol. The van der Waals surface area contributed by atoms with Crippen molar-refractivity contribution in [3.8, 4) is 0 Å². The molecule has 0 aliphatic heterocycles. The Morgan fingerprint density at radius 3 is 2.30 bits per heavy atom. The zero-order valence-electron chi connectivity index (χ0n) is 12.2. The van der Waals surface area contributed by atoms with Crippen molar-refractivity contribution in [3.63, 3.8) is 0 Å².